The Bertz CT molecular complexity index is 689. The van der Waals surface area contributed by atoms with Crippen LogP contribution in [0.15, 0.2) is 24.3 Å². The minimum atomic E-state index is -0.707. The second kappa shape index (κ2) is 10.9. The third kappa shape index (κ3) is 8.30. The Balaban J connectivity index is 2.43. The Morgan fingerprint density at radius 1 is 1.19 bits per heavy atom. The number of hydrogen-bond acceptors (Lipinski definition) is 6. The van der Waals surface area contributed by atoms with E-state index in [0.29, 0.717) is 12.1 Å². The molecule has 2 N–H and O–H groups in total. The molecule has 0 aliphatic heterocycles. The van der Waals surface area contributed by atoms with Crippen LogP contribution in [0.5, 0.6) is 0 Å². The van der Waals surface area contributed by atoms with Gasteiger partial charge in [-0.25, -0.2) is 4.79 Å². The van der Waals surface area contributed by atoms with Crippen molar-refractivity contribution in [2.75, 3.05) is 12.4 Å². The molecule has 27 heavy (non-hydrogen) atoms. The SMILES string of the molecule is COC(=O)[C@@H](CC(C)C)NC(=O)CCCC(=O)Nc1cccc([N+](=O)[O-])c1. The molecule has 0 spiro atoms. The fraction of sp³-hybridized carbons (Fsp3) is 0.500. The van der Waals surface area contributed by atoms with Gasteiger partial charge in [0.1, 0.15) is 6.04 Å². The first-order valence-electron chi connectivity index (χ1n) is 8.64. The zero-order valence-electron chi connectivity index (χ0n) is 15.7. The van der Waals surface area contributed by atoms with E-state index in [2.05, 4.69) is 15.4 Å². The van der Waals surface area contributed by atoms with Gasteiger partial charge in [0.15, 0.2) is 0 Å². The fourth-order valence-electron chi connectivity index (χ4n) is 2.42. The lowest BCUT2D eigenvalue weighted by atomic mass is 10.0. The molecule has 1 aromatic carbocycles. The van der Waals surface area contributed by atoms with Gasteiger partial charge in [0.25, 0.3) is 5.69 Å². The molecule has 0 aromatic heterocycles. The third-order valence-corrected chi connectivity index (χ3v) is 3.68. The number of nitrogens with one attached hydrogen (secondary N) is 2. The molecule has 0 heterocycles. The van der Waals surface area contributed by atoms with E-state index in [0.717, 1.165) is 0 Å². The Morgan fingerprint density at radius 2 is 1.85 bits per heavy atom. The lowest BCUT2D eigenvalue weighted by Crippen LogP contribution is -2.42. The molecule has 1 aromatic rings. The van der Waals surface area contributed by atoms with Crippen LogP contribution in [0.4, 0.5) is 11.4 Å². The van der Waals surface area contributed by atoms with E-state index in [1.807, 2.05) is 13.8 Å². The van der Waals surface area contributed by atoms with Crippen LogP contribution in [-0.4, -0.2) is 35.9 Å². The maximum Gasteiger partial charge on any atom is 0.328 e. The van der Waals surface area contributed by atoms with Gasteiger partial charge in [0.05, 0.1) is 12.0 Å². The van der Waals surface area contributed by atoms with Crippen LogP contribution >= 0.6 is 0 Å². The summed E-state index contributed by atoms with van der Waals surface area (Å²) in [6.07, 6.45) is 0.894. The van der Waals surface area contributed by atoms with Crippen molar-refractivity contribution < 1.29 is 24.0 Å². The minimum Gasteiger partial charge on any atom is -0.467 e. The number of carbonyl (C=O) groups is 3. The zero-order valence-corrected chi connectivity index (χ0v) is 15.7. The Hall–Kier alpha value is -2.97. The normalized spacial score (nSPS) is 11.6. The van der Waals surface area contributed by atoms with Crippen LogP contribution < -0.4 is 10.6 Å². The number of esters is 1. The first-order chi connectivity index (χ1) is 12.7. The van der Waals surface area contributed by atoms with Crippen LogP contribution in [-0.2, 0) is 19.1 Å². The number of hydrogen-bond donors (Lipinski definition) is 2. The third-order valence-electron chi connectivity index (χ3n) is 3.68. The van der Waals surface area contributed by atoms with E-state index in [-0.39, 0.29) is 42.7 Å². The summed E-state index contributed by atoms with van der Waals surface area (Å²) in [5.74, 6) is -0.986. The van der Waals surface area contributed by atoms with Gasteiger partial charge in [-0.2, -0.15) is 0 Å². The number of methoxy groups -OCH3 is 1. The summed E-state index contributed by atoms with van der Waals surface area (Å²) < 4.78 is 4.68. The summed E-state index contributed by atoms with van der Waals surface area (Å²) in [5.41, 5.74) is 0.201. The maximum atomic E-state index is 12.0. The predicted octanol–water partition coefficient (Wildman–Crippen LogP) is 2.41. The quantitative estimate of drug-likeness (QED) is 0.365. The molecule has 148 valence electrons. The topological polar surface area (TPSA) is 128 Å². The van der Waals surface area contributed by atoms with Crippen molar-refractivity contribution in [2.45, 2.75) is 45.6 Å². The molecule has 0 saturated carbocycles. The summed E-state index contributed by atoms with van der Waals surface area (Å²) in [5, 5.41) is 15.9. The highest BCUT2D eigenvalue weighted by atomic mass is 16.6. The standard InChI is InChI=1S/C18H25N3O6/c1-12(2)10-15(18(24)27-3)20-17(23)9-5-8-16(22)19-13-6-4-7-14(11-13)21(25)26/h4,6-7,11-12,15H,5,8-10H2,1-3H3,(H,19,22)(H,20,23)/t15-/m1/s1. The van der Waals surface area contributed by atoms with Gasteiger partial charge in [0, 0.05) is 30.7 Å². The second-order valence-corrected chi connectivity index (χ2v) is 6.48. The highest BCUT2D eigenvalue weighted by Crippen LogP contribution is 2.17. The number of ether oxygens (including phenoxy) is 1. The molecule has 0 aliphatic carbocycles. The van der Waals surface area contributed by atoms with E-state index >= 15 is 0 Å². The van der Waals surface area contributed by atoms with Gasteiger partial charge in [-0.1, -0.05) is 19.9 Å². The second-order valence-electron chi connectivity index (χ2n) is 6.48. The van der Waals surface area contributed by atoms with Crippen LogP contribution in [0, 0.1) is 16.0 Å². The Morgan fingerprint density at radius 3 is 2.44 bits per heavy atom. The van der Waals surface area contributed by atoms with E-state index < -0.39 is 16.9 Å². The summed E-state index contributed by atoms with van der Waals surface area (Å²) in [6, 6.07) is 4.90. The van der Waals surface area contributed by atoms with Crippen molar-refractivity contribution in [2.24, 2.45) is 5.92 Å². The van der Waals surface area contributed by atoms with E-state index in [1.165, 1.54) is 25.3 Å². The molecular formula is C18H25N3O6. The van der Waals surface area contributed by atoms with E-state index in [1.54, 1.807) is 6.07 Å². The number of nitrogens with zero attached hydrogens (tertiary/aromatic N) is 1. The number of nitro groups is 1. The smallest absolute Gasteiger partial charge is 0.328 e. The van der Waals surface area contributed by atoms with Gasteiger partial charge in [-0.15, -0.1) is 0 Å². The molecule has 1 atom stereocenters. The van der Waals surface area contributed by atoms with Gasteiger partial charge in [-0.3, -0.25) is 19.7 Å². The summed E-state index contributed by atoms with van der Waals surface area (Å²) >= 11 is 0. The molecule has 0 fully saturated rings. The van der Waals surface area contributed by atoms with Crippen molar-refractivity contribution in [1.29, 1.82) is 0 Å². The summed E-state index contributed by atoms with van der Waals surface area (Å²) in [7, 11) is 1.26. The molecule has 2 amide bonds. The molecule has 0 bridgehead atoms. The van der Waals surface area contributed by atoms with Crippen molar-refractivity contribution in [3.8, 4) is 0 Å². The highest BCUT2D eigenvalue weighted by Gasteiger charge is 2.22. The van der Waals surface area contributed by atoms with Crippen molar-refractivity contribution in [3.63, 3.8) is 0 Å². The number of carbonyl (C=O) groups excluding carboxylic acids is 3. The Labute approximate surface area is 157 Å². The van der Waals surface area contributed by atoms with Crippen LogP contribution in [0.3, 0.4) is 0 Å². The number of anilines is 1. The maximum absolute atomic E-state index is 12.0. The lowest BCUT2D eigenvalue weighted by Gasteiger charge is -2.18. The number of rotatable bonds is 10. The lowest BCUT2D eigenvalue weighted by molar-refractivity contribution is -0.384. The first-order valence-corrected chi connectivity index (χ1v) is 8.64. The zero-order chi connectivity index (χ0) is 20.4. The summed E-state index contributed by atoms with van der Waals surface area (Å²) in [6.45, 7) is 3.86. The monoisotopic (exact) mass is 379 g/mol. The van der Waals surface area contributed by atoms with Gasteiger partial charge in [-0.05, 0) is 24.8 Å². The minimum absolute atomic E-state index is 0.0726. The predicted molar refractivity (Wildman–Crippen MR) is 99.0 cm³/mol. The molecule has 0 aliphatic rings. The van der Waals surface area contributed by atoms with Crippen LogP contribution in [0.2, 0.25) is 0 Å². The van der Waals surface area contributed by atoms with Crippen molar-refractivity contribution in [1.82, 2.24) is 5.32 Å². The number of amides is 2. The van der Waals surface area contributed by atoms with Crippen molar-refractivity contribution >= 4 is 29.2 Å². The van der Waals surface area contributed by atoms with Gasteiger partial charge in [0.2, 0.25) is 11.8 Å². The van der Waals surface area contributed by atoms with Crippen LogP contribution in [0.25, 0.3) is 0 Å². The average molecular weight is 379 g/mol. The largest absolute Gasteiger partial charge is 0.467 e. The molecule has 0 unspecified atom stereocenters. The van der Waals surface area contributed by atoms with E-state index in [4.69, 9.17) is 0 Å². The molecular weight excluding hydrogens is 354 g/mol. The molecule has 1 rings (SSSR count). The average Bonchev–Trinajstić information content (AvgIpc) is 2.60. The van der Waals surface area contributed by atoms with Gasteiger partial charge < -0.3 is 15.4 Å². The first kappa shape index (κ1) is 22.1. The Kier molecular flexibility index (Phi) is 8.91. The molecule has 0 radical (unpaired) electrons. The van der Waals surface area contributed by atoms with E-state index in [9.17, 15) is 24.5 Å². The van der Waals surface area contributed by atoms with Crippen molar-refractivity contribution in [3.05, 3.63) is 34.4 Å². The van der Waals surface area contributed by atoms with Crippen LogP contribution in [0.1, 0.15) is 39.5 Å². The highest BCUT2D eigenvalue weighted by molar-refractivity contribution is 5.91. The number of nitro benzene ring substituents is 1. The number of benzene rings is 1. The fourth-order valence-corrected chi connectivity index (χ4v) is 2.42. The van der Waals surface area contributed by atoms with Gasteiger partial charge >= 0.3 is 5.97 Å². The molecule has 9 heteroatoms. The summed E-state index contributed by atoms with van der Waals surface area (Å²) in [4.78, 5) is 45.8. The molecule has 9 nitrogen and oxygen atoms in total. The molecule has 0 saturated heterocycles. The number of non-ortho nitro benzene ring substituents is 1.